The lowest BCUT2D eigenvalue weighted by atomic mass is 10.2. The number of alkyl halides is 3. The molecule has 10 heteroatoms. The normalized spacial score (nSPS) is 11.5. The van der Waals surface area contributed by atoms with Crippen LogP contribution in [0.15, 0.2) is 58.5 Å². The molecule has 0 radical (unpaired) electrons. The number of halogens is 3. The lowest BCUT2D eigenvalue weighted by molar-refractivity contribution is -0.274. The molecule has 0 fully saturated rings. The zero-order chi connectivity index (χ0) is 21.7. The van der Waals surface area contributed by atoms with Crippen LogP contribution in [0.1, 0.15) is 12.0 Å². The van der Waals surface area contributed by atoms with Gasteiger partial charge in [0, 0.05) is 12.3 Å². The molecule has 2 aromatic carbocycles. The van der Waals surface area contributed by atoms with E-state index in [2.05, 4.69) is 14.5 Å². The van der Waals surface area contributed by atoms with Gasteiger partial charge < -0.3 is 9.47 Å². The number of ether oxygens (including phenoxy) is 2. The van der Waals surface area contributed by atoms with E-state index in [9.17, 15) is 22.8 Å². The first-order chi connectivity index (χ1) is 14.3. The molecule has 0 saturated heterocycles. The van der Waals surface area contributed by atoms with Crippen LogP contribution in [0.2, 0.25) is 0 Å². The molecule has 0 amide bonds. The third-order valence-electron chi connectivity index (χ3n) is 4.12. The monoisotopic (exact) mass is 438 g/mol. The second-order valence-electron chi connectivity index (χ2n) is 6.17. The van der Waals surface area contributed by atoms with E-state index in [0.29, 0.717) is 21.8 Å². The lowest BCUT2D eigenvalue weighted by Crippen LogP contribution is -2.24. The Balaban J connectivity index is 1.83. The summed E-state index contributed by atoms with van der Waals surface area (Å²) >= 11 is 1.24. The molecule has 1 aromatic heterocycles. The third kappa shape index (κ3) is 5.53. The number of para-hydroxylation sites is 1. The van der Waals surface area contributed by atoms with Gasteiger partial charge in [-0.1, -0.05) is 36.0 Å². The molecule has 6 nitrogen and oxygen atoms in total. The van der Waals surface area contributed by atoms with E-state index >= 15 is 0 Å². The van der Waals surface area contributed by atoms with Crippen molar-refractivity contribution in [2.75, 3.05) is 7.11 Å². The minimum atomic E-state index is -4.75. The molecule has 1 heterocycles. The Morgan fingerprint density at radius 1 is 1.13 bits per heavy atom. The Morgan fingerprint density at radius 2 is 1.83 bits per heavy atom. The Labute approximate surface area is 173 Å². The predicted octanol–water partition coefficient (Wildman–Crippen LogP) is 4.15. The molecular weight excluding hydrogens is 421 g/mol. The van der Waals surface area contributed by atoms with Gasteiger partial charge in [0.05, 0.1) is 24.4 Å². The van der Waals surface area contributed by atoms with E-state index in [1.165, 1.54) is 47.7 Å². The highest BCUT2D eigenvalue weighted by Crippen LogP contribution is 2.26. The van der Waals surface area contributed by atoms with Crippen molar-refractivity contribution >= 4 is 28.6 Å². The highest BCUT2D eigenvalue weighted by atomic mass is 32.2. The number of esters is 1. The van der Waals surface area contributed by atoms with Crippen LogP contribution in [0.3, 0.4) is 0 Å². The summed E-state index contributed by atoms with van der Waals surface area (Å²) in [6.07, 6.45) is -4.74. The predicted molar refractivity (Wildman–Crippen MR) is 105 cm³/mol. The molecule has 0 aliphatic carbocycles. The molecule has 0 aliphatic heterocycles. The van der Waals surface area contributed by atoms with Crippen molar-refractivity contribution in [3.8, 4) is 5.75 Å². The molecule has 0 N–H and O–H groups in total. The molecule has 0 spiro atoms. The number of hydrogen-bond acceptors (Lipinski definition) is 6. The number of hydrogen-bond donors (Lipinski definition) is 0. The van der Waals surface area contributed by atoms with E-state index in [1.807, 2.05) is 0 Å². The number of methoxy groups -OCH3 is 1. The van der Waals surface area contributed by atoms with Crippen molar-refractivity contribution in [2.45, 2.75) is 30.2 Å². The van der Waals surface area contributed by atoms with E-state index < -0.39 is 12.3 Å². The minimum Gasteiger partial charge on any atom is -0.469 e. The van der Waals surface area contributed by atoms with Crippen molar-refractivity contribution in [3.63, 3.8) is 0 Å². The van der Waals surface area contributed by atoms with Crippen LogP contribution in [0.5, 0.6) is 5.75 Å². The second kappa shape index (κ2) is 9.21. The van der Waals surface area contributed by atoms with Crippen molar-refractivity contribution in [1.29, 1.82) is 0 Å². The van der Waals surface area contributed by atoms with Crippen LogP contribution < -0.4 is 10.3 Å². The van der Waals surface area contributed by atoms with Gasteiger partial charge in [-0.25, -0.2) is 4.98 Å². The average Bonchev–Trinajstić information content (AvgIpc) is 2.71. The second-order valence-corrected chi connectivity index (χ2v) is 7.12. The number of nitrogens with zero attached hydrogens (tertiary/aromatic N) is 2. The summed E-state index contributed by atoms with van der Waals surface area (Å²) in [4.78, 5) is 28.9. The van der Waals surface area contributed by atoms with Crippen molar-refractivity contribution < 1.29 is 27.4 Å². The lowest BCUT2D eigenvalue weighted by Gasteiger charge is -2.13. The Morgan fingerprint density at radius 3 is 2.50 bits per heavy atom. The van der Waals surface area contributed by atoms with Crippen LogP contribution in [0, 0.1) is 0 Å². The maximum absolute atomic E-state index is 12.9. The summed E-state index contributed by atoms with van der Waals surface area (Å²) in [7, 11) is 1.27. The van der Waals surface area contributed by atoms with Gasteiger partial charge in [-0.3, -0.25) is 14.2 Å². The van der Waals surface area contributed by atoms with Gasteiger partial charge in [0.15, 0.2) is 5.16 Å². The van der Waals surface area contributed by atoms with Gasteiger partial charge in [0.1, 0.15) is 5.75 Å². The molecule has 3 rings (SSSR count). The first-order valence-electron chi connectivity index (χ1n) is 8.81. The fourth-order valence-corrected chi connectivity index (χ4v) is 3.68. The summed E-state index contributed by atoms with van der Waals surface area (Å²) in [5, 5.41) is 0.832. The standard InChI is InChI=1S/C20H17F3N2O4S/c1-28-17(26)10-11-25-18(27)15-4-2-3-5-16(15)24-19(25)30-12-13-6-8-14(9-7-13)29-20(21,22)23/h2-9H,10-12H2,1H3. The fourth-order valence-electron chi connectivity index (χ4n) is 2.70. The summed E-state index contributed by atoms with van der Waals surface area (Å²) in [5.74, 6) is -0.406. The van der Waals surface area contributed by atoms with Gasteiger partial charge in [-0.05, 0) is 29.8 Å². The number of thioether (sulfide) groups is 1. The average molecular weight is 438 g/mol. The van der Waals surface area contributed by atoms with Crippen molar-refractivity contribution in [2.24, 2.45) is 0 Å². The zero-order valence-electron chi connectivity index (χ0n) is 15.8. The number of fused-ring (bicyclic) bond motifs is 1. The minimum absolute atomic E-state index is 0.00741. The van der Waals surface area contributed by atoms with Gasteiger partial charge in [0.25, 0.3) is 5.56 Å². The van der Waals surface area contributed by atoms with Crippen LogP contribution in [0.4, 0.5) is 13.2 Å². The van der Waals surface area contributed by atoms with E-state index in [0.717, 1.165) is 5.56 Å². The molecule has 30 heavy (non-hydrogen) atoms. The van der Waals surface area contributed by atoms with Gasteiger partial charge >= 0.3 is 12.3 Å². The molecule has 158 valence electrons. The SMILES string of the molecule is COC(=O)CCn1c(SCc2ccc(OC(F)(F)F)cc2)nc2ccccc2c1=O. The summed E-state index contributed by atoms with van der Waals surface area (Å²) in [6.45, 7) is 0.101. The number of rotatable bonds is 7. The fraction of sp³-hybridized carbons (Fsp3) is 0.250. The van der Waals surface area contributed by atoms with Crippen LogP contribution in [-0.4, -0.2) is 29.0 Å². The smallest absolute Gasteiger partial charge is 0.469 e. The number of benzene rings is 2. The number of aromatic nitrogens is 2. The maximum Gasteiger partial charge on any atom is 0.573 e. The molecule has 0 aliphatic rings. The van der Waals surface area contributed by atoms with Gasteiger partial charge in [-0.2, -0.15) is 0 Å². The number of carbonyl (C=O) groups excluding carboxylic acids is 1. The van der Waals surface area contributed by atoms with Gasteiger partial charge in [-0.15, -0.1) is 13.2 Å². The third-order valence-corrected chi connectivity index (χ3v) is 5.17. The summed E-state index contributed by atoms with van der Waals surface area (Å²) < 4.78 is 46.7. The largest absolute Gasteiger partial charge is 0.573 e. The topological polar surface area (TPSA) is 70.4 Å². The highest BCUT2D eigenvalue weighted by molar-refractivity contribution is 7.98. The highest BCUT2D eigenvalue weighted by Gasteiger charge is 2.30. The summed E-state index contributed by atoms with van der Waals surface area (Å²) in [5.41, 5.74) is 0.964. The molecule has 0 bridgehead atoms. The number of carbonyl (C=O) groups is 1. The first kappa shape index (κ1) is 21.7. The maximum atomic E-state index is 12.9. The van der Waals surface area contributed by atoms with Crippen molar-refractivity contribution in [3.05, 3.63) is 64.4 Å². The van der Waals surface area contributed by atoms with E-state index in [-0.39, 0.29) is 24.3 Å². The van der Waals surface area contributed by atoms with Crippen LogP contribution in [0.25, 0.3) is 10.9 Å². The Kier molecular flexibility index (Phi) is 6.66. The Hall–Kier alpha value is -3.01. The first-order valence-corrected chi connectivity index (χ1v) is 9.79. The molecule has 0 unspecified atom stereocenters. The quantitative estimate of drug-likeness (QED) is 0.314. The van der Waals surface area contributed by atoms with Gasteiger partial charge in [0.2, 0.25) is 0 Å². The van der Waals surface area contributed by atoms with E-state index in [4.69, 9.17) is 0 Å². The van der Waals surface area contributed by atoms with Crippen LogP contribution >= 0.6 is 11.8 Å². The molecule has 3 aromatic rings. The van der Waals surface area contributed by atoms with E-state index in [1.54, 1.807) is 24.3 Å². The summed E-state index contributed by atoms with van der Waals surface area (Å²) in [6, 6.07) is 12.3. The molecule has 0 atom stereocenters. The van der Waals surface area contributed by atoms with Crippen LogP contribution in [-0.2, 0) is 21.8 Å². The molecular formula is C20H17F3N2O4S. The van der Waals surface area contributed by atoms with Crippen molar-refractivity contribution in [1.82, 2.24) is 9.55 Å². The molecule has 0 saturated carbocycles. The zero-order valence-corrected chi connectivity index (χ0v) is 16.6. The Bertz CT molecular complexity index is 1100.